The summed E-state index contributed by atoms with van der Waals surface area (Å²) in [5.41, 5.74) is 0.601. The van der Waals surface area contributed by atoms with Crippen molar-refractivity contribution in [1.82, 2.24) is 9.66 Å². The number of fused-ring (bicyclic) bond motifs is 1. The number of carbonyl (C=O) groups is 1. The van der Waals surface area contributed by atoms with Crippen molar-refractivity contribution in [3.63, 3.8) is 0 Å². The second-order valence-electron chi connectivity index (χ2n) is 4.44. The van der Waals surface area contributed by atoms with Crippen LogP contribution in [0.2, 0.25) is 0 Å². The molecule has 0 unspecified atom stereocenters. The monoisotopic (exact) mass is 260 g/mol. The van der Waals surface area contributed by atoms with Crippen LogP contribution >= 0.6 is 0 Å². The number of aromatic nitrogens is 2. The van der Waals surface area contributed by atoms with Gasteiger partial charge in [0.2, 0.25) is 0 Å². The summed E-state index contributed by atoms with van der Waals surface area (Å²) < 4.78 is 1.01. The molecule has 1 saturated heterocycles. The largest absolute Gasteiger partial charge is 0.480 e. The van der Waals surface area contributed by atoms with Crippen LogP contribution < -0.4 is 16.3 Å². The fourth-order valence-electron chi connectivity index (χ4n) is 2.23. The van der Waals surface area contributed by atoms with Crippen molar-refractivity contribution in [2.24, 2.45) is 0 Å². The van der Waals surface area contributed by atoms with E-state index in [0.717, 1.165) is 4.68 Å². The minimum absolute atomic E-state index is 0.0971. The van der Waals surface area contributed by atoms with E-state index >= 15 is 0 Å². The Bertz CT molecular complexity index is 724. The van der Waals surface area contributed by atoms with E-state index in [-0.39, 0.29) is 5.82 Å². The molecule has 0 spiro atoms. The lowest BCUT2D eigenvalue weighted by molar-refractivity contribution is -0.140. The second kappa shape index (κ2) is 3.98. The number of aliphatic carboxylic acids is 1. The number of nitrogens with zero attached hydrogens (tertiary/aromatic N) is 3. The van der Waals surface area contributed by atoms with Gasteiger partial charge < -0.3 is 15.8 Å². The maximum absolute atomic E-state index is 12.1. The molecule has 7 nitrogen and oxygen atoms in total. The van der Waals surface area contributed by atoms with Gasteiger partial charge in [0.25, 0.3) is 0 Å². The van der Waals surface area contributed by atoms with E-state index in [1.165, 1.54) is 4.90 Å². The third kappa shape index (κ3) is 1.62. The highest BCUT2D eigenvalue weighted by Crippen LogP contribution is 2.23. The summed E-state index contributed by atoms with van der Waals surface area (Å²) in [6.45, 7) is 0.498. The van der Waals surface area contributed by atoms with E-state index in [1.807, 2.05) is 0 Å². The van der Waals surface area contributed by atoms with Gasteiger partial charge in [-0.15, -0.1) is 0 Å². The van der Waals surface area contributed by atoms with E-state index in [4.69, 9.17) is 10.9 Å². The fraction of sp³-hybridized carbons (Fsp3) is 0.250. The van der Waals surface area contributed by atoms with Crippen molar-refractivity contribution in [3.05, 3.63) is 34.6 Å². The Morgan fingerprint density at radius 1 is 1.42 bits per heavy atom. The molecule has 1 atom stereocenters. The zero-order valence-electron chi connectivity index (χ0n) is 9.98. The summed E-state index contributed by atoms with van der Waals surface area (Å²) >= 11 is 0. The van der Waals surface area contributed by atoms with E-state index in [2.05, 4.69) is 4.98 Å². The number of carboxylic acid groups (broad SMARTS) is 1. The molecule has 19 heavy (non-hydrogen) atoms. The molecule has 7 heteroatoms. The number of rotatable bonds is 2. The molecular weight excluding hydrogens is 248 g/mol. The number of nitrogens with two attached hydrogens (primary N) is 1. The molecule has 1 fully saturated rings. The van der Waals surface area contributed by atoms with Crippen LogP contribution in [0, 0.1) is 0 Å². The molecule has 2 heterocycles. The van der Waals surface area contributed by atoms with Crippen LogP contribution in [-0.4, -0.2) is 33.3 Å². The molecule has 98 valence electrons. The minimum Gasteiger partial charge on any atom is -0.480 e. The third-order valence-corrected chi connectivity index (χ3v) is 3.35. The van der Waals surface area contributed by atoms with Crippen molar-refractivity contribution >= 4 is 22.8 Å². The topological polar surface area (TPSA) is 101 Å². The number of para-hydroxylation sites is 2. The van der Waals surface area contributed by atoms with Gasteiger partial charge in [-0.2, -0.15) is 0 Å². The van der Waals surface area contributed by atoms with E-state index in [9.17, 15) is 9.59 Å². The predicted molar refractivity (Wildman–Crippen MR) is 69.5 cm³/mol. The molecule has 3 N–H and O–H groups in total. The van der Waals surface area contributed by atoms with Crippen molar-refractivity contribution in [2.45, 2.75) is 12.5 Å². The highest BCUT2D eigenvalue weighted by atomic mass is 16.4. The molecule has 1 aliphatic rings. The molecule has 0 saturated carbocycles. The van der Waals surface area contributed by atoms with E-state index in [0.29, 0.717) is 24.0 Å². The average molecular weight is 260 g/mol. The van der Waals surface area contributed by atoms with E-state index in [1.54, 1.807) is 24.3 Å². The van der Waals surface area contributed by atoms with Crippen molar-refractivity contribution in [3.8, 4) is 0 Å². The Balaban J connectivity index is 2.17. The first-order valence-electron chi connectivity index (χ1n) is 5.86. The lowest BCUT2D eigenvalue weighted by atomic mass is 10.0. The summed E-state index contributed by atoms with van der Waals surface area (Å²) in [7, 11) is 0. The molecular formula is C12H12N4O3. The molecule has 2 aromatic rings. The van der Waals surface area contributed by atoms with Gasteiger partial charge in [0, 0.05) is 6.54 Å². The minimum atomic E-state index is -0.954. The van der Waals surface area contributed by atoms with Gasteiger partial charge in [-0.1, -0.05) is 12.1 Å². The molecule has 1 aromatic heterocycles. The third-order valence-electron chi connectivity index (χ3n) is 3.35. The maximum atomic E-state index is 12.1. The summed E-state index contributed by atoms with van der Waals surface area (Å²) in [5.74, 6) is 4.89. The highest BCUT2D eigenvalue weighted by Gasteiger charge is 2.36. The first-order chi connectivity index (χ1) is 9.09. The number of nitrogen functional groups attached to an aromatic ring is 1. The first-order valence-corrected chi connectivity index (χ1v) is 5.86. The van der Waals surface area contributed by atoms with Gasteiger partial charge in [0.1, 0.15) is 6.04 Å². The molecule has 0 radical (unpaired) electrons. The summed E-state index contributed by atoms with van der Waals surface area (Å²) in [4.78, 5) is 28.9. The Kier molecular flexibility index (Phi) is 2.41. The highest BCUT2D eigenvalue weighted by molar-refractivity contribution is 5.81. The summed E-state index contributed by atoms with van der Waals surface area (Å²) in [5, 5.41) is 9.03. The smallest absolute Gasteiger partial charge is 0.326 e. The standard InChI is InChI=1S/C12H12N4O3/c13-16-8-4-2-1-3-7(8)14-10(11(16)17)15-6-5-9(15)12(18)19/h1-4,9H,5-6,13H2,(H,18,19)/t9-/m0/s1. The van der Waals surface area contributed by atoms with E-state index < -0.39 is 17.6 Å². The summed E-state index contributed by atoms with van der Waals surface area (Å²) in [6.07, 6.45) is 0.508. The zero-order valence-corrected chi connectivity index (χ0v) is 9.98. The lowest BCUT2D eigenvalue weighted by Gasteiger charge is -2.38. The van der Waals surface area contributed by atoms with Crippen LogP contribution in [0.1, 0.15) is 6.42 Å². The number of benzene rings is 1. The van der Waals surface area contributed by atoms with Crippen LogP contribution in [-0.2, 0) is 4.79 Å². The van der Waals surface area contributed by atoms with Crippen LogP contribution in [0.25, 0.3) is 11.0 Å². The SMILES string of the molecule is Nn1c(=O)c(N2CC[C@H]2C(=O)O)nc2ccccc21. The Morgan fingerprint density at radius 2 is 2.16 bits per heavy atom. The van der Waals surface area contributed by atoms with Crippen LogP contribution in [0.5, 0.6) is 0 Å². The molecule has 1 aliphatic heterocycles. The number of hydrogen-bond donors (Lipinski definition) is 2. The van der Waals surface area contributed by atoms with Gasteiger partial charge >= 0.3 is 11.5 Å². The second-order valence-corrected chi connectivity index (χ2v) is 4.44. The molecule has 3 rings (SSSR count). The van der Waals surface area contributed by atoms with Gasteiger partial charge in [0.15, 0.2) is 5.82 Å². The van der Waals surface area contributed by atoms with Crippen molar-refractivity contribution < 1.29 is 9.90 Å². The quantitative estimate of drug-likeness (QED) is 0.723. The Labute approximate surface area is 107 Å². The normalized spacial score (nSPS) is 18.3. The number of carboxylic acids is 1. The van der Waals surface area contributed by atoms with Gasteiger partial charge in [0.05, 0.1) is 11.0 Å². The predicted octanol–water partition coefficient (Wildman–Crippen LogP) is -0.226. The Morgan fingerprint density at radius 3 is 2.79 bits per heavy atom. The molecule has 0 amide bonds. The van der Waals surface area contributed by atoms with Gasteiger partial charge in [-0.05, 0) is 18.6 Å². The number of anilines is 1. The van der Waals surface area contributed by atoms with Gasteiger partial charge in [-0.3, -0.25) is 4.79 Å². The summed E-state index contributed by atoms with van der Waals surface area (Å²) in [6, 6.07) is 6.28. The van der Waals surface area contributed by atoms with Crippen molar-refractivity contribution in [1.29, 1.82) is 0 Å². The lowest BCUT2D eigenvalue weighted by Crippen LogP contribution is -2.55. The van der Waals surface area contributed by atoms with Crippen LogP contribution in [0.3, 0.4) is 0 Å². The van der Waals surface area contributed by atoms with Crippen LogP contribution in [0.15, 0.2) is 29.1 Å². The van der Waals surface area contributed by atoms with Gasteiger partial charge in [-0.25, -0.2) is 14.5 Å². The van der Waals surface area contributed by atoms with Crippen LogP contribution in [0.4, 0.5) is 5.82 Å². The fourth-order valence-corrected chi connectivity index (χ4v) is 2.23. The molecule has 0 aliphatic carbocycles. The Hall–Kier alpha value is -2.57. The molecule has 0 bridgehead atoms. The molecule has 1 aromatic carbocycles. The average Bonchev–Trinajstić information content (AvgIpc) is 2.33. The number of hydrogen-bond acceptors (Lipinski definition) is 5. The first kappa shape index (κ1) is 11.5. The zero-order chi connectivity index (χ0) is 13.6. The van der Waals surface area contributed by atoms with Crippen molar-refractivity contribution in [2.75, 3.05) is 17.3 Å². The maximum Gasteiger partial charge on any atom is 0.326 e.